The highest BCUT2D eigenvalue weighted by Crippen LogP contribution is 2.48. The van der Waals surface area contributed by atoms with Gasteiger partial charge in [-0.1, -0.05) is 164 Å². The lowest BCUT2D eigenvalue weighted by Gasteiger charge is -2.27. The maximum atomic E-state index is 9.58. The normalized spacial score (nSPS) is 11.4. The van der Waals surface area contributed by atoms with Crippen molar-refractivity contribution in [2.24, 2.45) is 0 Å². The van der Waals surface area contributed by atoms with Gasteiger partial charge in [0.1, 0.15) is 0 Å². The molecule has 11 aromatic rings. The van der Waals surface area contributed by atoms with Gasteiger partial charge < -0.3 is 4.90 Å². The Balaban J connectivity index is 1.14. The maximum Gasteiger partial charge on any atom is 0.0991 e. The number of hydrogen-bond donors (Lipinski definition) is 0. The summed E-state index contributed by atoms with van der Waals surface area (Å²) in [5.74, 6) is 0. The molecule has 11 aromatic carbocycles. The summed E-state index contributed by atoms with van der Waals surface area (Å²) >= 11 is 0. The van der Waals surface area contributed by atoms with Crippen LogP contribution in [-0.4, -0.2) is 0 Å². The number of fused-ring (bicyclic) bond motifs is 6. The second kappa shape index (κ2) is 14.2. The molecule has 0 atom stereocenters. The summed E-state index contributed by atoms with van der Waals surface area (Å²) in [6.45, 7) is 0. The van der Waals surface area contributed by atoms with Crippen molar-refractivity contribution in [3.63, 3.8) is 0 Å². The highest BCUT2D eigenvalue weighted by Gasteiger charge is 2.21. The van der Waals surface area contributed by atoms with Crippen LogP contribution >= 0.6 is 0 Å². The van der Waals surface area contributed by atoms with Gasteiger partial charge in [0.25, 0.3) is 0 Å². The topological polar surface area (TPSA) is 27.0 Å². The summed E-state index contributed by atoms with van der Waals surface area (Å²) in [4.78, 5) is 2.29. The van der Waals surface area contributed by atoms with Crippen LogP contribution in [0.4, 0.5) is 17.1 Å². The van der Waals surface area contributed by atoms with Crippen molar-refractivity contribution in [3.8, 4) is 39.4 Å². The summed E-state index contributed by atoms with van der Waals surface area (Å²) in [6.07, 6.45) is 0. The average molecular weight is 749 g/mol. The van der Waals surface area contributed by atoms with E-state index in [1.165, 1.54) is 70.7 Å². The molecule has 0 aliphatic carbocycles. The number of benzene rings is 11. The monoisotopic (exact) mass is 748 g/mol. The molecule has 0 amide bonds. The van der Waals surface area contributed by atoms with Crippen molar-refractivity contribution in [2.75, 3.05) is 4.90 Å². The molecule has 11 rings (SSSR count). The van der Waals surface area contributed by atoms with Crippen LogP contribution in [0.2, 0.25) is 0 Å². The molecule has 0 heterocycles. The van der Waals surface area contributed by atoms with E-state index in [-0.39, 0.29) is 0 Å². The third-order valence-electron chi connectivity index (χ3n) is 11.8. The Hall–Kier alpha value is -7.99. The largest absolute Gasteiger partial charge is 0.310 e. The van der Waals surface area contributed by atoms with Crippen LogP contribution in [-0.2, 0) is 0 Å². The lowest BCUT2D eigenvalue weighted by Crippen LogP contribution is -2.10. The van der Waals surface area contributed by atoms with Crippen molar-refractivity contribution < 1.29 is 0 Å². The number of rotatable bonds is 6. The van der Waals surface area contributed by atoms with Crippen LogP contribution in [0.25, 0.3) is 87.2 Å². The Morgan fingerprint density at radius 1 is 0.322 bits per heavy atom. The summed E-state index contributed by atoms with van der Waals surface area (Å²) < 4.78 is 0. The van der Waals surface area contributed by atoms with Gasteiger partial charge in [-0.25, -0.2) is 0 Å². The first kappa shape index (κ1) is 34.3. The van der Waals surface area contributed by atoms with Gasteiger partial charge in [-0.05, 0) is 136 Å². The summed E-state index contributed by atoms with van der Waals surface area (Å²) in [6, 6.07) is 80.7. The third-order valence-corrected chi connectivity index (χ3v) is 11.8. The Morgan fingerprint density at radius 2 is 0.864 bits per heavy atom. The summed E-state index contributed by atoms with van der Waals surface area (Å²) in [5, 5.41) is 21.8. The van der Waals surface area contributed by atoms with E-state index in [0.29, 0.717) is 5.56 Å². The summed E-state index contributed by atoms with van der Waals surface area (Å²) in [7, 11) is 0. The van der Waals surface area contributed by atoms with E-state index >= 15 is 0 Å². The van der Waals surface area contributed by atoms with Gasteiger partial charge in [0, 0.05) is 16.8 Å². The molecule has 2 nitrogen and oxygen atoms in total. The van der Waals surface area contributed by atoms with Crippen LogP contribution < -0.4 is 4.90 Å². The fourth-order valence-electron chi connectivity index (χ4n) is 9.14. The molecule has 0 aliphatic heterocycles. The van der Waals surface area contributed by atoms with E-state index in [0.717, 1.165) is 33.6 Å². The molecule has 0 saturated carbocycles. The predicted molar refractivity (Wildman–Crippen MR) is 250 cm³/mol. The Bertz CT molecular complexity index is 3430. The molecule has 0 saturated heterocycles. The van der Waals surface area contributed by atoms with Gasteiger partial charge in [-0.15, -0.1) is 0 Å². The zero-order valence-corrected chi connectivity index (χ0v) is 32.2. The summed E-state index contributed by atoms with van der Waals surface area (Å²) in [5.41, 5.74) is 11.0. The van der Waals surface area contributed by atoms with E-state index in [4.69, 9.17) is 0 Å². The van der Waals surface area contributed by atoms with E-state index in [1.807, 2.05) is 24.3 Å². The number of nitrogens with zero attached hydrogens (tertiary/aromatic N) is 2. The average Bonchev–Trinajstić information content (AvgIpc) is 3.31. The van der Waals surface area contributed by atoms with Crippen LogP contribution in [0, 0.1) is 11.3 Å². The smallest absolute Gasteiger partial charge is 0.0991 e. The fourth-order valence-corrected chi connectivity index (χ4v) is 9.14. The van der Waals surface area contributed by atoms with Gasteiger partial charge in [-0.3, -0.25) is 0 Å². The minimum absolute atomic E-state index is 0.637. The second-order valence-electron chi connectivity index (χ2n) is 15.2. The Morgan fingerprint density at radius 3 is 1.59 bits per heavy atom. The quantitative estimate of drug-likeness (QED) is 0.125. The molecule has 0 fully saturated rings. The standard InChI is InChI=1S/C57H36N2/c58-37-38-25-30-44(31-26-38)59(55-24-12-17-40-13-4-7-19-47(40)55)45-32-27-39(28-33-45)42-29-34-52-54(35-42)57(51-23-11-10-22-50(51)56(52)41-14-2-1-3-15-41)53-36-43-16-5-6-18-46(43)48-20-8-9-21-49(48)53/h1-36H. The maximum absolute atomic E-state index is 9.58. The highest BCUT2D eigenvalue weighted by atomic mass is 15.1. The van der Waals surface area contributed by atoms with Crippen molar-refractivity contribution in [1.82, 2.24) is 0 Å². The van der Waals surface area contributed by atoms with Crippen LogP contribution in [0.5, 0.6) is 0 Å². The first-order valence-corrected chi connectivity index (χ1v) is 20.1. The first-order valence-electron chi connectivity index (χ1n) is 20.1. The van der Waals surface area contributed by atoms with Gasteiger partial charge >= 0.3 is 0 Å². The van der Waals surface area contributed by atoms with Gasteiger partial charge in [-0.2, -0.15) is 5.26 Å². The van der Waals surface area contributed by atoms with Crippen LogP contribution in [0.3, 0.4) is 0 Å². The molecule has 0 aromatic heterocycles. The fraction of sp³-hybridized carbons (Fsp3) is 0. The molecule has 2 heteroatoms. The van der Waals surface area contributed by atoms with Gasteiger partial charge in [0.15, 0.2) is 0 Å². The molecule has 0 unspecified atom stereocenters. The second-order valence-corrected chi connectivity index (χ2v) is 15.2. The van der Waals surface area contributed by atoms with E-state index in [9.17, 15) is 5.26 Å². The molecular formula is C57H36N2. The van der Waals surface area contributed by atoms with Crippen LogP contribution in [0.15, 0.2) is 218 Å². The minimum atomic E-state index is 0.637. The number of hydrogen-bond acceptors (Lipinski definition) is 2. The Kier molecular flexibility index (Phi) is 8.24. The highest BCUT2D eigenvalue weighted by molar-refractivity contribution is 6.26. The molecular weight excluding hydrogens is 713 g/mol. The van der Waals surface area contributed by atoms with Gasteiger partial charge in [0.05, 0.1) is 17.3 Å². The number of anilines is 3. The SMILES string of the molecule is N#Cc1ccc(N(c2ccc(-c3ccc4c(-c5ccccc5)c5ccccc5c(-c5cc6ccccc6c6ccccc56)c4c3)cc2)c2cccc3ccccc23)cc1. The Labute approximate surface area is 343 Å². The zero-order valence-electron chi connectivity index (χ0n) is 32.2. The third kappa shape index (κ3) is 5.80. The molecule has 0 bridgehead atoms. The van der Waals surface area contributed by atoms with Crippen molar-refractivity contribution >= 4 is 70.9 Å². The van der Waals surface area contributed by atoms with E-state index < -0.39 is 0 Å². The molecule has 0 aliphatic rings. The predicted octanol–water partition coefficient (Wildman–Crippen LogP) is 15.8. The molecule has 0 spiro atoms. The van der Waals surface area contributed by atoms with Crippen LogP contribution in [0.1, 0.15) is 5.56 Å². The van der Waals surface area contributed by atoms with E-state index in [1.54, 1.807) is 0 Å². The van der Waals surface area contributed by atoms with E-state index in [2.05, 4.69) is 205 Å². The lowest BCUT2D eigenvalue weighted by atomic mass is 9.83. The minimum Gasteiger partial charge on any atom is -0.310 e. The molecule has 0 radical (unpaired) electrons. The number of nitriles is 1. The molecule has 59 heavy (non-hydrogen) atoms. The molecule has 274 valence electrons. The van der Waals surface area contributed by atoms with Crippen molar-refractivity contribution in [3.05, 3.63) is 224 Å². The lowest BCUT2D eigenvalue weighted by molar-refractivity contribution is 1.29. The van der Waals surface area contributed by atoms with Crippen molar-refractivity contribution in [1.29, 1.82) is 5.26 Å². The molecule has 0 N–H and O–H groups in total. The zero-order chi connectivity index (χ0) is 39.3. The van der Waals surface area contributed by atoms with Crippen molar-refractivity contribution in [2.45, 2.75) is 0 Å². The van der Waals surface area contributed by atoms with Gasteiger partial charge in [0.2, 0.25) is 0 Å². The first-order chi connectivity index (χ1) is 29.2.